The number of aromatic hydroxyl groups is 1. The van der Waals surface area contributed by atoms with Crippen LogP contribution in [0.25, 0.3) is 12.2 Å². The van der Waals surface area contributed by atoms with Crippen LogP contribution in [0.4, 0.5) is 5.69 Å². The van der Waals surface area contributed by atoms with E-state index in [2.05, 4.69) is 9.97 Å². The molecule has 28 heavy (non-hydrogen) atoms. The number of halogens is 1. The van der Waals surface area contributed by atoms with E-state index in [1.165, 1.54) is 6.08 Å². The van der Waals surface area contributed by atoms with Gasteiger partial charge in [-0.15, -0.1) is 0 Å². The van der Waals surface area contributed by atoms with Crippen LogP contribution >= 0.6 is 11.6 Å². The highest BCUT2D eigenvalue weighted by Gasteiger charge is 2.21. The average Bonchev–Trinajstić information content (AvgIpc) is 2.66. The van der Waals surface area contributed by atoms with Gasteiger partial charge in [0.1, 0.15) is 18.2 Å². The number of nitrogens with zero attached hydrogens (tertiary/aromatic N) is 2. The first-order valence-electron chi connectivity index (χ1n) is 8.05. The smallest absolute Gasteiger partial charge is 0.395 e. The third kappa shape index (κ3) is 4.74. The van der Waals surface area contributed by atoms with Crippen molar-refractivity contribution in [3.05, 3.63) is 91.0 Å². The summed E-state index contributed by atoms with van der Waals surface area (Å²) >= 11 is 5.84. The number of nitrogens with one attached hydrogen (secondary N) is 1. The Morgan fingerprint density at radius 1 is 1.14 bits per heavy atom. The number of benzene rings is 2. The van der Waals surface area contributed by atoms with Crippen LogP contribution in [-0.4, -0.2) is 20.0 Å². The van der Waals surface area contributed by atoms with Gasteiger partial charge in [0.05, 0.1) is 4.92 Å². The molecule has 0 radical (unpaired) electrons. The van der Waals surface area contributed by atoms with Crippen molar-refractivity contribution in [2.45, 2.75) is 6.61 Å². The lowest BCUT2D eigenvalue weighted by molar-refractivity contribution is -0.387. The Bertz CT molecular complexity index is 1080. The van der Waals surface area contributed by atoms with Crippen molar-refractivity contribution >= 4 is 29.4 Å². The number of nitro groups is 1. The summed E-state index contributed by atoms with van der Waals surface area (Å²) in [5.41, 5.74) is -0.247. The quantitative estimate of drug-likeness (QED) is 0.481. The van der Waals surface area contributed by atoms with Gasteiger partial charge in [-0.1, -0.05) is 41.9 Å². The molecule has 0 fully saturated rings. The topological polar surface area (TPSA) is 118 Å². The summed E-state index contributed by atoms with van der Waals surface area (Å²) in [7, 11) is 0. The van der Waals surface area contributed by atoms with Crippen LogP contribution in [-0.2, 0) is 6.61 Å². The van der Waals surface area contributed by atoms with E-state index in [0.717, 1.165) is 11.1 Å². The zero-order valence-electron chi connectivity index (χ0n) is 14.3. The van der Waals surface area contributed by atoms with Crippen LogP contribution in [0.15, 0.2) is 53.3 Å². The Hall–Kier alpha value is -3.65. The SMILES string of the molecule is O=c1[nH]c(/C=C\c2ccc(OCc3ccc(Cl)cc3)cc2)nc(O)c1[N+](=O)[O-]. The Morgan fingerprint density at radius 3 is 2.43 bits per heavy atom. The summed E-state index contributed by atoms with van der Waals surface area (Å²) in [6.45, 7) is 0.402. The number of hydrogen-bond donors (Lipinski definition) is 2. The molecule has 0 aliphatic rings. The lowest BCUT2D eigenvalue weighted by Gasteiger charge is -2.06. The van der Waals surface area contributed by atoms with E-state index in [-0.39, 0.29) is 5.82 Å². The molecule has 0 saturated heterocycles. The summed E-state index contributed by atoms with van der Waals surface area (Å²) in [4.78, 5) is 27.1. The molecule has 0 aliphatic heterocycles. The molecule has 0 saturated carbocycles. The Kier molecular flexibility index (Phi) is 5.71. The highest BCUT2D eigenvalue weighted by atomic mass is 35.5. The standard InChI is InChI=1S/C19H14ClN3O5/c20-14-6-1-13(2-7-14)11-28-15-8-3-12(4-9-15)5-10-16-21-18(24)17(23(26)27)19(25)22-16/h1-10H,11H2,(H2,21,22,24,25)/b10-5-. The molecular formula is C19H14ClN3O5. The highest BCUT2D eigenvalue weighted by molar-refractivity contribution is 6.30. The molecular weight excluding hydrogens is 386 g/mol. The van der Waals surface area contributed by atoms with Gasteiger partial charge in [0.2, 0.25) is 0 Å². The lowest BCUT2D eigenvalue weighted by atomic mass is 10.2. The van der Waals surface area contributed by atoms with Crippen molar-refractivity contribution in [3.63, 3.8) is 0 Å². The molecule has 142 valence electrons. The summed E-state index contributed by atoms with van der Waals surface area (Å²) in [6, 6.07) is 14.5. The number of rotatable bonds is 6. The summed E-state index contributed by atoms with van der Waals surface area (Å²) < 4.78 is 5.69. The van der Waals surface area contributed by atoms with Crippen molar-refractivity contribution in [1.29, 1.82) is 0 Å². The first kappa shape index (κ1) is 19.1. The molecule has 2 N–H and O–H groups in total. The van der Waals surface area contributed by atoms with Crippen molar-refractivity contribution in [3.8, 4) is 11.6 Å². The van der Waals surface area contributed by atoms with Crippen LogP contribution < -0.4 is 10.3 Å². The van der Waals surface area contributed by atoms with Gasteiger partial charge >= 0.3 is 11.2 Å². The minimum absolute atomic E-state index is 0.00355. The maximum Gasteiger partial charge on any atom is 0.395 e. The Labute approximate surface area is 163 Å². The van der Waals surface area contributed by atoms with Gasteiger partial charge in [-0.3, -0.25) is 14.9 Å². The van der Waals surface area contributed by atoms with Gasteiger partial charge in [0, 0.05) is 5.02 Å². The number of H-pyrrole nitrogens is 1. The van der Waals surface area contributed by atoms with Gasteiger partial charge < -0.3 is 14.8 Å². The zero-order chi connectivity index (χ0) is 20.1. The van der Waals surface area contributed by atoms with Gasteiger partial charge in [-0.25, -0.2) is 0 Å². The molecule has 3 aromatic rings. The minimum Gasteiger partial charge on any atom is -0.489 e. The molecule has 0 bridgehead atoms. The highest BCUT2D eigenvalue weighted by Crippen LogP contribution is 2.19. The zero-order valence-corrected chi connectivity index (χ0v) is 15.1. The molecule has 3 rings (SSSR count). The summed E-state index contributed by atoms with van der Waals surface area (Å²) in [5.74, 6) is -0.262. The van der Waals surface area contributed by atoms with Crippen molar-refractivity contribution in [2.75, 3.05) is 0 Å². The van der Waals surface area contributed by atoms with E-state index >= 15 is 0 Å². The van der Waals surface area contributed by atoms with E-state index in [1.807, 2.05) is 12.1 Å². The maximum absolute atomic E-state index is 11.6. The van der Waals surface area contributed by atoms with Crippen LogP contribution in [0.2, 0.25) is 5.02 Å². The normalized spacial score (nSPS) is 10.9. The van der Waals surface area contributed by atoms with E-state index in [0.29, 0.717) is 17.4 Å². The molecule has 0 amide bonds. The number of ether oxygens (including phenoxy) is 1. The molecule has 1 aromatic heterocycles. The Morgan fingerprint density at radius 2 is 1.82 bits per heavy atom. The largest absolute Gasteiger partial charge is 0.489 e. The van der Waals surface area contributed by atoms with Crippen LogP contribution in [0.3, 0.4) is 0 Å². The maximum atomic E-state index is 11.6. The second kappa shape index (κ2) is 8.36. The molecule has 0 spiro atoms. The van der Waals surface area contributed by atoms with Gasteiger partial charge in [0.25, 0.3) is 5.88 Å². The minimum atomic E-state index is -1.02. The fourth-order valence-corrected chi connectivity index (χ4v) is 2.44. The van der Waals surface area contributed by atoms with Crippen LogP contribution in [0.1, 0.15) is 17.0 Å². The second-order valence-electron chi connectivity index (χ2n) is 5.70. The number of aromatic nitrogens is 2. The molecule has 0 atom stereocenters. The van der Waals surface area contributed by atoms with Crippen LogP contribution in [0.5, 0.6) is 11.6 Å². The predicted molar refractivity (Wildman–Crippen MR) is 104 cm³/mol. The van der Waals surface area contributed by atoms with Gasteiger partial charge in [0.15, 0.2) is 0 Å². The summed E-state index contributed by atoms with van der Waals surface area (Å²) in [5, 5.41) is 20.9. The van der Waals surface area contributed by atoms with Crippen molar-refractivity contribution < 1.29 is 14.8 Å². The first-order valence-corrected chi connectivity index (χ1v) is 8.43. The number of hydrogen-bond acceptors (Lipinski definition) is 6. The molecule has 0 aliphatic carbocycles. The van der Waals surface area contributed by atoms with Crippen LogP contribution in [0, 0.1) is 10.1 Å². The van der Waals surface area contributed by atoms with Gasteiger partial charge in [-0.05, 0) is 41.5 Å². The molecule has 2 aromatic carbocycles. The van der Waals surface area contributed by atoms with E-state index in [9.17, 15) is 20.0 Å². The fraction of sp³-hybridized carbons (Fsp3) is 0.0526. The Balaban J connectivity index is 1.66. The van der Waals surface area contributed by atoms with Crippen molar-refractivity contribution in [2.24, 2.45) is 0 Å². The molecule has 8 nitrogen and oxygen atoms in total. The monoisotopic (exact) mass is 399 g/mol. The van der Waals surface area contributed by atoms with E-state index < -0.39 is 22.0 Å². The molecule has 0 unspecified atom stereocenters. The fourth-order valence-electron chi connectivity index (χ4n) is 2.31. The van der Waals surface area contributed by atoms with E-state index in [4.69, 9.17) is 16.3 Å². The predicted octanol–water partition coefficient (Wildman–Crippen LogP) is 3.79. The third-order valence-corrected chi connectivity index (χ3v) is 3.96. The molecule has 9 heteroatoms. The summed E-state index contributed by atoms with van der Waals surface area (Å²) in [6.07, 6.45) is 3.06. The van der Waals surface area contributed by atoms with Crippen molar-refractivity contribution in [1.82, 2.24) is 9.97 Å². The lowest BCUT2D eigenvalue weighted by Crippen LogP contribution is -2.14. The van der Waals surface area contributed by atoms with E-state index in [1.54, 1.807) is 42.5 Å². The average molecular weight is 400 g/mol. The van der Waals surface area contributed by atoms with Gasteiger partial charge in [-0.2, -0.15) is 4.98 Å². The third-order valence-electron chi connectivity index (χ3n) is 3.71. The first-order chi connectivity index (χ1) is 13.4. The second-order valence-corrected chi connectivity index (χ2v) is 6.13. The molecule has 1 heterocycles. The number of aromatic amines is 1.